The topological polar surface area (TPSA) is 108 Å². The molecule has 8 nitrogen and oxygen atoms in total. The highest BCUT2D eigenvalue weighted by atomic mass is 32.2. The molecule has 39 heavy (non-hydrogen) atoms. The number of carbonyl (C=O) groups is 2. The normalized spacial score (nSPS) is 12.4. The van der Waals surface area contributed by atoms with Crippen LogP contribution in [0.2, 0.25) is 0 Å². The number of hydrogen-bond acceptors (Lipinski definition) is 7. The monoisotopic (exact) mass is 553 g/mol. The van der Waals surface area contributed by atoms with Crippen LogP contribution in [0.4, 0.5) is 0 Å². The highest BCUT2D eigenvalue weighted by molar-refractivity contribution is 7.89. The summed E-state index contributed by atoms with van der Waals surface area (Å²) in [5.74, 6) is 1.18. The molecule has 208 valence electrons. The molecule has 0 aliphatic rings. The number of nitrogens with one attached hydrogen (secondary N) is 1. The van der Waals surface area contributed by atoms with Crippen LogP contribution in [0.3, 0.4) is 0 Å². The lowest BCUT2D eigenvalue weighted by Crippen LogP contribution is -2.34. The number of esters is 2. The minimum atomic E-state index is -4.19. The maximum atomic E-state index is 13.5. The quantitative estimate of drug-likeness (QED) is 0.204. The number of benzene rings is 2. The lowest BCUT2D eigenvalue weighted by Gasteiger charge is -2.25. The largest absolute Gasteiger partial charge is 0.497 e. The Morgan fingerprint density at radius 3 is 1.92 bits per heavy atom. The van der Waals surface area contributed by atoms with E-state index in [4.69, 9.17) is 20.6 Å². The molecule has 1 N–H and O–H groups in total. The van der Waals surface area contributed by atoms with Crippen molar-refractivity contribution < 1.29 is 32.2 Å². The first-order valence-electron chi connectivity index (χ1n) is 12.2. The van der Waals surface area contributed by atoms with E-state index in [9.17, 15) is 18.0 Å². The first kappa shape index (κ1) is 31.4. The van der Waals surface area contributed by atoms with Gasteiger partial charge in [-0.15, -0.1) is 12.3 Å². The minimum absolute atomic E-state index is 0.0623. The molecule has 2 rings (SSSR count). The molecule has 0 heterocycles. The Bertz CT molecular complexity index is 1380. The van der Waals surface area contributed by atoms with E-state index in [2.05, 4.69) is 16.4 Å². The van der Waals surface area contributed by atoms with Gasteiger partial charge >= 0.3 is 11.9 Å². The number of carbonyl (C=O) groups excluding carboxylic acids is 2. The molecule has 9 heteroatoms. The summed E-state index contributed by atoms with van der Waals surface area (Å²) in [5.41, 5.74) is 1.03. The molecule has 0 saturated heterocycles. The van der Waals surface area contributed by atoms with Gasteiger partial charge in [0.15, 0.2) is 0 Å². The zero-order chi connectivity index (χ0) is 29.4. The van der Waals surface area contributed by atoms with Gasteiger partial charge in [0.05, 0.1) is 23.6 Å². The zero-order valence-corrected chi connectivity index (χ0v) is 24.1. The third kappa shape index (κ3) is 9.77. The Morgan fingerprint density at radius 1 is 0.897 bits per heavy atom. The Balaban J connectivity index is 2.83. The van der Waals surface area contributed by atoms with Crippen molar-refractivity contribution in [2.75, 3.05) is 7.11 Å². The second kappa shape index (κ2) is 12.8. The summed E-state index contributed by atoms with van der Waals surface area (Å²) in [6.45, 7) is 10.1. The van der Waals surface area contributed by atoms with Gasteiger partial charge in [-0.25, -0.2) is 18.0 Å². The summed E-state index contributed by atoms with van der Waals surface area (Å²) < 4.78 is 45.7. The summed E-state index contributed by atoms with van der Waals surface area (Å²) in [6, 6.07) is 12.9. The van der Waals surface area contributed by atoms with Crippen molar-refractivity contribution in [3.05, 3.63) is 77.0 Å². The third-order valence-electron chi connectivity index (χ3n) is 4.89. The van der Waals surface area contributed by atoms with Crippen LogP contribution in [-0.2, 0) is 29.1 Å². The van der Waals surface area contributed by atoms with E-state index >= 15 is 0 Å². The molecule has 0 aliphatic heterocycles. The van der Waals surface area contributed by atoms with Gasteiger partial charge in [-0.2, -0.15) is 4.72 Å². The number of methoxy groups -OCH3 is 1. The van der Waals surface area contributed by atoms with Gasteiger partial charge in [-0.05, 0) is 71.4 Å². The lowest BCUT2D eigenvalue weighted by atomic mass is 9.98. The standard InChI is InChI=1S/C30H35NO7S/c1-9-13-22(27(32)37-29(2,3)4)20-25(28(33)38-30(5,6)7)26(21-14-11-10-12-15-21)31-39(34,35)24-18-16-23(36-8)17-19-24/h1,10-12,14-19,26,31H,13H2,2-8H3/t20?,26-/m1/s1. The van der Waals surface area contributed by atoms with Crippen LogP contribution in [0.25, 0.3) is 0 Å². The van der Waals surface area contributed by atoms with Crippen LogP contribution in [0.1, 0.15) is 59.6 Å². The molecule has 0 saturated carbocycles. The zero-order valence-electron chi connectivity index (χ0n) is 23.3. The third-order valence-corrected chi connectivity index (χ3v) is 6.33. The van der Waals surface area contributed by atoms with Crippen molar-refractivity contribution in [1.29, 1.82) is 0 Å². The van der Waals surface area contributed by atoms with Crippen LogP contribution in [-0.4, -0.2) is 38.7 Å². The first-order chi connectivity index (χ1) is 18.1. The van der Waals surface area contributed by atoms with Crippen LogP contribution in [0.5, 0.6) is 5.75 Å². The van der Waals surface area contributed by atoms with Crippen molar-refractivity contribution >= 4 is 22.0 Å². The average molecular weight is 554 g/mol. The Morgan fingerprint density at radius 2 is 1.44 bits per heavy atom. The number of ether oxygens (including phenoxy) is 3. The summed E-state index contributed by atoms with van der Waals surface area (Å²) in [6.07, 6.45) is 5.29. The molecule has 0 fully saturated rings. The maximum absolute atomic E-state index is 13.5. The van der Waals surface area contributed by atoms with Crippen LogP contribution in [0.15, 0.2) is 76.4 Å². The van der Waals surface area contributed by atoms with Crippen molar-refractivity contribution in [1.82, 2.24) is 4.72 Å². The van der Waals surface area contributed by atoms with E-state index < -0.39 is 39.2 Å². The Hall–Kier alpha value is -3.83. The van der Waals surface area contributed by atoms with E-state index in [0.717, 1.165) is 0 Å². The molecular formula is C30H35NO7S. The van der Waals surface area contributed by atoms with E-state index in [0.29, 0.717) is 11.3 Å². The summed E-state index contributed by atoms with van der Waals surface area (Å²) in [4.78, 5) is 26.5. The minimum Gasteiger partial charge on any atom is -0.497 e. The van der Waals surface area contributed by atoms with Crippen molar-refractivity contribution in [3.8, 4) is 18.1 Å². The highest BCUT2D eigenvalue weighted by Gasteiger charge is 2.32. The van der Waals surface area contributed by atoms with Crippen molar-refractivity contribution in [3.63, 3.8) is 0 Å². The second-order valence-corrected chi connectivity index (χ2v) is 12.3. The fourth-order valence-corrected chi connectivity index (χ4v) is 4.46. The molecule has 0 radical (unpaired) electrons. The van der Waals surface area contributed by atoms with Gasteiger partial charge in [-0.1, -0.05) is 36.1 Å². The number of terminal acetylenes is 1. The molecule has 0 aliphatic carbocycles. The fourth-order valence-electron chi connectivity index (χ4n) is 3.26. The maximum Gasteiger partial charge on any atom is 0.344 e. The second-order valence-electron chi connectivity index (χ2n) is 10.5. The fraction of sp³-hybridized carbons (Fsp3) is 0.367. The molecule has 0 bridgehead atoms. The Kier molecular flexibility index (Phi) is 10.3. The van der Waals surface area contributed by atoms with Gasteiger partial charge in [0.1, 0.15) is 22.5 Å². The van der Waals surface area contributed by atoms with Crippen LogP contribution >= 0.6 is 0 Å². The van der Waals surface area contributed by atoms with E-state index in [-0.39, 0.29) is 22.5 Å². The van der Waals surface area contributed by atoms with Gasteiger partial charge in [-0.3, -0.25) is 0 Å². The van der Waals surface area contributed by atoms with Crippen LogP contribution < -0.4 is 9.46 Å². The van der Waals surface area contributed by atoms with Crippen molar-refractivity contribution in [2.45, 2.75) is 70.1 Å². The first-order valence-corrected chi connectivity index (χ1v) is 13.7. The smallest absolute Gasteiger partial charge is 0.344 e. The SMILES string of the molecule is C#CCC(=C=C(C(=O)OC(C)(C)C)[C@H](NS(=O)(=O)c1ccc(OC)cc1)c1ccccc1)C(=O)OC(C)(C)C. The molecule has 0 unspecified atom stereocenters. The molecule has 2 aromatic carbocycles. The summed E-state index contributed by atoms with van der Waals surface area (Å²) in [5, 5.41) is 0. The molecule has 2 aromatic rings. The predicted octanol–water partition coefficient (Wildman–Crippen LogP) is 4.87. The van der Waals surface area contributed by atoms with Crippen LogP contribution in [0, 0.1) is 12.3 Å². The molecule has 0 amide bonds. The van der Waals surface area contributed by atoms with Gasteiger partial charge in [0.2, 0.25) is 10.0 Å². The van der Waals surface area contributed by atoms with Crippen molar-refractivity contribution in [2.24, 2.45) is 0 Å². The van der Waals surface area contributed by atoms with Gasteiger partial charge in [0, 0.05) is 6.42 Å². The van der Waals surface area contributed by atoms with E-state index in [1.807, 2.05) is 0 Å². The predicted molar refractivity (Wildman–Crippen MR) is 148 cm³/mol. The van der Waals surface area contributed by atoms with E-state index in [1.165, 1.54) is 31.4 Å². The average Bonchev–Trinajstić information content (AvgIpc) is 2.83. The molecule has 0 spiro atoms. The van der Waals surface area contributed by atoms with Gasteiger partial charge < -0.3 is 14.2 Å². The Labute approximate surface area is 231 Å². The summed E-state index contributed by atoms with van der Waals surface area (Å²) in [7, 11) is -2.72. The molecule has 1 atom stereocenters. The molecular weight excluding hydrogens is 518 g/mol. The summed E-state index contributed by atoms with van der Waals surface area (Å²) >= 11 is 0. The molecule has 0 aromatic heterocycles. The number of sulfonamides is 1. The van der Waals surface area contributed by atoms with Gasteiger partial charge in [0.25, 0.3) is 0 Å². The van der Waals surface area contributed by atoms with E-state index in [1.54, 1.807) is 71.9 Å². The number of rotatable bonds is 9. The highest BCUT2D eigenvalue weighted by Crippen LogP contribution is 2.28. The lowest BCUT2D eigenvalue weighted by molar-refractivity contribution is -0.150. The number of hydrogen-bond donors (Lipinski definition) is 1.